The van der Waals surface area contributed by atoms with E-state index in [0.717, 1.165) is 0 Å². The Labute approximate surface area is 86.8 Å². The molecule has 1 fully saturated rings. The SMILES string of the molecule is NC(CCC(F)(F)F)C1(O)CCNCC1. The first-order valence-electron chi connectivity index (χ1n) is 5.09. The number of piperidine rings is 1. The normalized spacial score (nSPS) is 23.8. The van der Waals surface area contributed by atoms with Gasteiger partial charge < -0.3 is 16.2 Å². The minimum Gasteiger partial charge on any atom is -0.388 e. The third kappa shape index (κ3) is 3.96. The molecule has 0 spiro atoms. The fourth-order valence-electron chi connectivity index (χ4n) is 1.82. The maximum atomic E-state index is 12.0. The van der Waals surface area contributed by atoms with Crippen LogP contribution in [0.5, 0.6) is 0 Å². The summed E-state index contributed by atoms with van der Waals surface area (Å²) in [6, 6.07) is -0.791. The number of alkyl halides is 3. The lowest BCUT2D eigenvalue weighted by atomic mass is 9.83. The second-order valence-corrected chi connectivity index (χ2v) is 4.11. The average molecular weight is 226 g/mol. The molecule has 1 aliphatic rings. The van der Waals surface area contributed by atoms with E-state index in [2.05, 4.69) is 5.32 Å². The third-order valence-electron chi connectivity index (χ3n) is 2.90. The number of rotatable bonds is 3. The van der Waals surface area contributed by atoms with E-state index in [9.17, 15) is 18.3 Å². The van der Waals surface area contributed by atoms with Gasteiger partial charge in [0.05, 0.1) is 5.60 Å². The number of hydrogen-bond acceptors (Lipinski definition) is 3. The van der Waals surface area contributed by atoms with Crippen LogP contribution in [0.4, 0.5) is 13.2 Å². The van der Waals surface area contributed by atoms with Crippen molar-refractivity contribution in [2.75, 3.05) is 13.1 Å². The maximum Gasteiger partial charge on any atom is 0.389 e. The van der Waals surface area contributed by atoms with Gasteiger partial charge in [0.2, 0.25) is 0 Å². The van der Waals surface area contributed by atoms with Crippen molar-refractivity contribution in [2.45, 2.75) is 43.5 Å². The molecule has 1 atom stereocenters. The molecule has 0 aromatic heterocycles. The molecule has 1 heterocycles. The summed E-state index contributed by atoms with van der Waals surface area (Å²) in [6.45, 7) is 1.21. The Morgan fingerprint density at radius 3 is 2.33 bits per heavy atom. The summed E-state index contributed by atoms with van der Waals surface area (Å²) in [6.07, 6.45) is -4.48. The van der Waals surface area contributed by atoms with E-state index in [1.54, 1.807) is 0 Å². The van der Waals surface area contributed by atoms with Gasteiger partial charge >= 0.3 is 6.18 Å². The van der Waals surface area contributed by atoms with Gasteiger partial charge in [0.15, 0.2) is 0 Å². The molecule has 15 heavy (non-hydrogen) atoms. The zero-order valence-electron chi connectivity index (χ0n) is 8.48. The van der Waals surface area contributed by atoms with Gasteiger partial charge in [-0.2, -0.15) is 13.2 Å². The monoisotopic (exact) mass is 226 g/mol. The van der Waals surface area contributed by atoms with Gasteiger partial charge in [0.25, 0.3) is 0 Å². The molecule has 1 saturated heterocycles. The largest absolute Gasteiger partial charge is 0.389 e. The van der Waals surface area contributed by atoms with Crippen molar-refractivity contribution < 1.29 is 18.3 Å². The molecule has 90 valence electrons. The van der Waals surface area contributed by atoms with Crippen molar-refractivity contribution in [3.63, 3.8) is 0 Å². The predicted octanol–water partition coefficient (Wildman–Crippen LogP) is 0.771. The van der Waals surface area contributed by atoms with E-state index >= 15 is 0 Å². The Kier molecular flexibility index (Phi) is 3.97. The first-order chi connectivity index (χ1) is 6.83. The lowest BCUT2D eigenvalue weighted by Crippen LogP contribution is -2.54. The second-order valence-electron chi connectivity index (χ2n) is 4.11. The number of halogens is 3. The molecule has 0 aromatic carbocycles. The van der Waals surface area contributed by atoms with E-state index in [4.69, 9.17) is 5.73 Å². The van der Waals surface area contributed by atoms with Gasteiger partial charge in [-0.1, -0.05) is 0 Å². The molecule has 0 saturated carbocycles. The zero-order chi connectivity index (χ0) is 11.5. The fraction of sp³-hybridized carbons (Fsp3) is 1.00. The maximum absolute atomic E-state index is 12.0. The van der Waals surface area contributed by atoms with Crippen LogP contribution < -0.4 is 11.1 Å². The van der Waals surface area contributed by atoms with Crippen LogP contribution in [-0.2, 0) is 0 Å². The van der Waals surface area contributed by atoms with Crippen LogP contribution in [-0.4, -0.2) is 36.0 Å². The van der Waals surface area contributed by atoms with Gasteiger partial charge in [-0.25, -0.2) is 0 Å². The summed E-state index contributed by atoms with van der Waals surface area (Å²) < 4.78 is 35.9. The molecule has 0 bridgehead atoms. The Balaban J connectivity index is 2.41. The van der Waals surface area contributed by atoms with Crippen LogP contribution in [0.1, 0.15) is 25.7 Å². The van der Waals surface area contributed by atoms with Gasteiger partial charge in [-0.15, -0.1) is 0 Å². The molecule has 0 amide bonds. The predicted molar refractivity (Wildman–Crippen MR) is 50.3 cm³/mol. The summed E-state index contributed by atoms with van der Waals surface area (Å²) in [5, 5.41) is 13.0. The minimum atomic E-state index is -4.19. The lowest BCUT2D eigenvalue weighted by molar-refractivity contribution is -0.140. The highest BCUT2D eigenvalue weighted by molar-refractivity contribution is 4.93. The Morgan fingerprint density at radius 2 is 1.87 bits per heavy atom. The molecule has 1 unspecified atom stereocenters. The Hall–Kier alpha value is -0.330. The molecular formula is C9H17F3N2O. The molecule has 1 rings (SSSR count). The van der Waals surface area contributed by atoms with Crippen molar-refractivity contribution in [3.8, 4) is 0 Å². The van der Waals surface area contributed by atoms with E-state index in [1.165, 1.54) is 0 Å². The van der Waals surface area contributed by atoms with Crippen LogP contribution >= 0.6 is 0 Å². The van der Waals surface area contributed by atoms with Gasteiger partial charge in [0.1, 0.15) is 0 Å². The number of hydrogen-bond donors (Lipinski definition) is 3. The van der Waals surface area contributed by atoms with Gasteiger partial charge in [-0.05, 0) is 32.4 Å². The third-order valence-corrected chi connectivity index (χ3v) is 2.90. The highest BCUT2D eigenvalue weighted by Crippen LogP contribution is 2.28. The van der Waals surface area contributed by atoms with E-state index in [0.29, 0.717) is 25.9 Å². The first-order valence-corrected chi connectivity index (χ1v) is 5.09. The van der Waals surface area contributed by atoms with Crippen LogP contribution in [0, 0.1) is 0 Å². The van der Waals surface area contributed by atoms with Gasteiger partial charge in [0, 0.05) is 12.5 Å². The molecule has 3 nitrogen and oxygen atoms in total. The summed E-state index contributed by atoms with van der Waals surface area (Å²) in [5.41, 5.74) is 4.48. The van der Waals surface area contributed by atoms with Gasteiger partial charge in [-0.3, -0.25) is 0 Å². The molecule has 6 heteroatoms. The van der Waals surface area contributed by atoms with Crippen LogP contribution in [0.2, 0.25) is 0 Å². The minimum absolute atomic E-state index is 0.208. The van der Waals surface area contributed by atoms with Crippen molar-refractivity contribution in [2.24, 2.45) is 5.73 Å². The topological polar surface area (TPSA) is 58.3 Å². The summed E-state index contributed by atoms with van der Waals surface area (Å²) in [4.78, 5) is 0. The van der Waals surface area contributed by atoms with Crippen molar-refractivity contribution in [1.82, 2.24) is 5.32 Å². The van der Waals surface area contributed by atoms with Crippen molar-refractivity contribution in [3.05, 3.63) is 0 Å². The summed E-state index contributed by atoms with van der Waals surface area (Å²) >= 11 is 0. The number of nitrogens with two attached hydrogens (primary N) is 1. The van der Waals surface area contributed by atoms with Crippen LogP contribution in [0.3, 0.4) is 0 Å². The van der Waals surface area contributed by atoms with Crippen LogP contribution in [0.15, 0.2) is 0 Å². The van der Waals surface area contributed by atoms with E-state index < -0.39 is 24.2 Å². The lowest BCUT2D eigenvalue weighted by Gasteiger charge is -2.37. The number of aliphatic hydroxyl groups is 1. The van der Waals surface area contributed by atoms with Crippen molar-refractivity contribution >= 4 is 0 Å². The highest BCUT2D eigenvalue weighted by atomic mass is 19.4. The smallest absolute Gasteiger partial charge is 0.388 e. The van der Waals surface area contributed by atoms with E-state index in [1.807, 2.05) is 0 Å². The molecule has 4 N–H and O–H groups in total. The quantitative estimate of drug-likeness (QED) is 0.666. The summed E-state index contributed by atoms with van der Waals surface area (Å²) in [5.74, 6) is 0. The Morgan fingerprint density at radius 1 is 1.33 bits per heavy atom. The molecular weight excluding hydrogens is 209 g/mol. The van der Waals surface area contributed by atoms with Crippen LogP contribution in [0.25, 0.3) is 0 Å². The highest BCUT2D eigenvalue weighted by Gasteiger charge is 2.38. The van der Waals surface area contributed by atoms with Crippen molar-refractivity contribution in [1.29, 1.82) is 0 Å². The Bertz CT molecular complexity index is 202. The molecule has 0 radical (unpaired) electrons. The molecule has 0 aliphatic carbocycles. The first kappa shape index (κ1) is 12.7. The zero-order valence-corrected chi connectivity index (χ0v) is 8.48. The standard InChI is InChI=1S/C9H17F3N2O/c10-9(11,12)2-1-7(13)8(15)3-5-14-6-4-8/h7,14-15H,1-6,13H2. The second kappa shape index (κ2) is 4.67. The number of nitrogens with one attached hydrogen (secondary N) is 1. The fourth-order valence-corrected chi connectivity index (χ4v) is 1.82. The van der Waals surface area contributed by atoms with E-state index in [-0.39, 0.29) is 6.42 Å². The molecule has 0 aromatic rings. The summed E-state index contributed by atoms with van der Waals surface area (Å²) in [7, 11) is 0. The average Bonchev–Trinajstić information content (AvgIpc) is 2.14. The molecule has 1 aliphatic heterocycles.